The molecule has 0 amide bonds. The summed E-state index contributed by atoms with van der Waals surface area (Å²) in [5.74, 6) is 0.746. The van der Waals surface area contributed by atoms with Crippen LogP contribution in [0.15, 0.2) is 24.3 Å². The molecule has 2 heteroatoms. The minimum absolute atomic E-state index is 0.617. The lowest BCUT2D eigenvalue weighted by molar-refractivity contribution is 0.223. The van der Waals surface area contributed by atoms with E-state index in [1.54, 1.807) is 11.1 Å². The summed E-state index contributed by atoms with van der Waals surface area (Å²) in [6.07, 6.45) is 3.65. The highest BCUT2D eigenvalue weighted by Gasteiger charge is 2.19. The first-order chi connectivity index (χ1) is 9.24. The predicted octanol–water partition coefficient (Wildman–Crippen LogP) is 2.72. The van der Waals surface area contributed by atoms with E-state index < -0.39 is 0 Å². The number of rotatable bonds is 5. The van der Waals surface area contributed by atoms with Gasteiger partial charge in [0.2, 0.25) is 0 Å². The Hall–Kier alpha value is -0.860. The van der Waals surface area contributed by atoms with Gasteiger partial charge in [0.1, 0.15) is 0 Å². The maximum absolute atomic E-state index is 3.50. The minimum Gasteiger partial charge on any atom is -0.315 e. The molecule has 1 aromatic carbocycles. The Bertz CT molecular complexity index is 362. The number of nitrogens with zero attached hydrogens (tertiary/aromatic N) is 1. The smallest absolute Gasteiger partial charge is 0.0217 e. The Kier molecular flexibility index (Phi) is 5.41. The quantitative estimate of drug-likeness (QED) is 0.876. The zero-order valence-corrected chi connectivity index (χ0v) is 12.7. The van der Waals surface area contributed by atoms with Crippen LogP contribution in [0.2, 0.25) is 0 Å². The van der Waals surface area contributed by atoms with Crippen LogP contribution in [-0.2, 0) is 12.8 Å². The summed E-state index contributed by atoms with van der Waals surface area (Å²) >= 11 is 0. The van der Waals surface area contributed by atoms with Gasteiger partial charge in [0.25, 0.3) is 0 Å². The van der Waals surface area contributed by atoms with Crippen LogP contribution < -0.4 is 5.32 Å². The molecule has 1 heterocycles. The van der Waals surface area contributed by atoms with Crippen LogP contribution in [0, 0.1) is 5.92 Å². The minimum atomic E-state index is 0.617. The number of nitrogens with one attached hydrogen (secondary N) is 1. The molecule has 0 radical (unpaired) electrons. The van der Waals surface area contributed by atoms with E-state index in [0.717, 1.165) is 5.92 Å². The Labute approximate surface area is 118 Å². The molecule has 1 aromatic rings. The fourth-order valence-electron chi connectivity index (χ4n) is 3.02. The molecule has 19 heavy (non-hydrogen) atoms. The Morgan fingerprint density at radius 3 is 2.21 bits per heavy atom. The SMILES string of the molecule is CCC(C)C(CN1CCc2ccccc2CC1)NC. The van der Waals surface area contributed by atoms with Crippen molar-refractivity contribution >= 4 is 0 Å². The topological polar surface area (TPSA) is 15.3 Å². The van der Waals surface area contributed by atoms with Crippen molar-refractivity contribution in [1.29, 1.82) is 0 Å². The highest BCUT2D eigenvalue weighted by molar-refractivity contribution is 5.28. The molecule has 1 aliphatic rings. The van der Waals surface area contributed by atoms with Gasteiger partial charge in [0.05, 0.1) is 0 Å². The zero-order valence-electron chi connectivity index (χ0n) is 12.7. The predicted molar refractivity (Wildman–Crippen MR) is 82.6 cm³/mol. The van der Waals surface area contributed by atoms with Gasteiger partial charge in [0.15, 0.2) is 0 Å². The molecule has 1 aliphatic heterocycles. The first-order valence-corrected chi connectivity index (χ1v) is 7.71. The van der Waals surface area contributed by atoms with Crippen LogP contribution in [0.5, 0.6) is 0 Å². The lowest BCUT2D eigenvalue weighted by Crippen LogP contribution is -2.44. The van der Waals surface area contributed by atoms with Crippen molar-refractivity contribution in [2.45, 2.75) is 39.2 Å². The molecule has 0 spiro atoms. The standard InChI is InChI=1S/C17H28N2/c1-4-14(2)17(18-3)13-19-11-9-15-7-5-6-8-16(15)10-12-19/h5-8,14,17-18H,4,9-13H2,1-3H3. The fraction of sp³-hybridized carbons (Fsp3) is 0.647. The molecule has 0 saturated heterocycles. The largest absolute Gasteiger partial charge is 0.315 e. The fourth-order valence-corrected chi connectivity index (χ4v) is 3.02. The van der Waals surface area contributed by atoms with E-state index in [2.05, 4.69) is 55.4 Å². The van der Waals surface area contributed by atoms with Crippen LogP contribution in [0.25, 0.3) is 0 Å². The molecule has 2 unspecified atom stereocenters. The van der Waals surface area contributed by atoms with Crippen LogP contribution in [0.4, 0.5) is 0 Å². The lowest BCUT2D eigenvalue weighted by atomic mass is 9.99. The summed E-state index contributed by atoms with van der Waals surface area (Å²) in [5.41, 5.74) is 3.10. The number of likely N-dealkylation sites (N-methyl/N-ethyl adjacent to an activating group) is 1. The van der Waals surface area contributed by atoms with E-state index in [4.69, 9.17) is 0 Å². The highest BCUT2D eigenvalue weighted by atomic mass is 15.1. The molecule has 0 bridgehead atoms. The van der Waals surface area contributed by atoms with Crippen molar-refractivity contribution < 1.29 is 0 Å². The van der Waals surface area contributed by atoms with E-state index in [1.165, 1.54) is 38.9 Å². The molecule has 2 rings (SSSR count). The molecular weight excluding hydrogens is 232 g/mol. The second-order valence-corrected chi connectivity index (χ2v) is 5.85. The number of hydrogen-bond donors (Lipinski definition) is 1. The molecule has 1 N–H and O–H groups in total. The average Bonchev–Trinajstić information content (AvgIpc) is 2.66. The third-order valence-corrected chi connectivity index (χ3v) is 4.67. The first-order valence-electron chi connectivity index (χ1n) is 7.71. The summed E-state index contributed by atoms with van der Waals surface area (Å²) in [7, 11) is 2.10. The third-order valence-electron chi connectivity index (χ3n) is 4.67. The van der Waals surface area contributed by atoms with E-state index in [0.29, 0.717) is 6.04 Å². The van der Waals surface area contributed by atoms with E-state index >= 15 is 0 Å². The van der Waals surface area contributed by atoms with Crippen molar-refractivity contribution in [2.24, 2.45) is 5.92 Å². The summed E-state index contributed by atoms with van der Waals surface area (Å²) in [6.45, 7) is 8.22. The molecule has 0 aliphatic carbocycles. The van der Waals surface area contributed by atoms with E-state index in [9.17, 15) is 0 Å². The van der Waals surface area contributed by atoms with Crippen molar-refractivity contribution in [2.75, 3.05) is 26.7 Å². The maximum Gasteiger partial charge on any atom is 0.0217 e. The normalized spacial score (nSPS) is 19.5. The van der Waals surface area contributed by atoms with Crippen molar-refractivity contribution in [3.63, 3.8) is 0 Å². The van der Waals surface area contributed by atoms with E-state index in [-0.39, 0.29) is 0 Å². The first kappa shape index (κ1) is 14.5. The van der Waals surface area contributed by atoms with Gasteiger partial charge >= 0.3 is 0 Å². The van der Waals surface area contributed by atoms with Gasteiger partial charge in [-0.2, -0.15) is 0 Å². The summed E-state index contributed by atoms with van der Waals surface area (Å²) < 4.78 is 0. The molecular formula is C17H28N2. The molecule has 2 atom stereocenters. The van der Waals surface area contributed by atoms with Gasteiger partial charge in [-0.05, 0) is 36.9 Å². The average molecular weight is 260 g/mol. The zero-order chi connectivity index (χ0) is 13.7. The summed E-state index contributed by atoms with van der Waals surface area (Å²) in [6, 6.07) is 9.55. The third kappa shape index (κ3) is 3.80. The second kappa shape index (κ2) is 7.06. The van der Waals surface area contributed by atoms with Crippen LogP contribution in [0.1, 0.15) is 31.4 Å². The van der Waals surface area contributed by atoms with Crippen molar-refractivity contribution in [3.8, 4) is 0 Å². The van der Waals surface area contributed by atoms with Gasteiger partial charge in [0, 0.05) is 25.7 Å². The lowest BCUT2D eigenvalue weighted by Gasteiger charge is -2.29. The number of benzene rings is 1. The highest BCUT2D eigenvalue weighted by Crippen LogP contribution is 2.17. The van der Waals surface area contributed by atoms with Gasteiger partial charge < -0.3 is 10.2 Å². The van der Waals surface area contributed by atoms with Crippen molar-refractivity contribution in [1.82, 2.24) is 10.2 Å². The number of hydrogen-bond acceptors (Lipinski definition) is 2. The Morgan fingerprint density at radius 2 is 1.74 bits per heavy atom. The monoisotopic (exact) mass is 260 g/mol. The van der Waals surface area contributed by atoms with Gasteiger partial charge in [-0.3, -0.25) is 0 Å². The maximum atomic E-state index is 3.50. The second-order valence-electron chi connectivity index (χ2n) is 5.85. The molecule has 0 fully saturated rings. The molecule has 0 saturated carbocycles. The Morgan fingerprint density at radius 1 is 1.16 bits per heavy atom. The van der Waals surface area contributed by atoms with Gasteiger partial charge in [-0.25, -0.2) is 0 Å². The van der Waals surface area contributed by atoms with E-state index in [1.807, 2.05) is 0 Å². The van der Waals surface area contributed by atoms with Crippen LogP contribution in [-0.4, -0.2) is 37.6 Å². The van der Waals surface area contributed by atoms with Gasteiger partial charge in [-0.15, -0.1) is 0 Å². The van der Waals surface area contributed by atoms with Crippen molar-refractivity contribution in [3.05, 3.63) is 35.4 Å². The molecule has 0 aromatic heterocycles. The van der Waals surface area contributed by atoms with Crippen LogP contribution in [0.3, 0.4) is 0 Å². The summed E-state index contributed by atoms with van der Waals surface area (Å²) in [5, 5.41) is 3.50. The number of fused-ring (bicyclic) bond motifs is 1. The van der Waals surface area contributed by atoms with Crippen LogP contribution >= 0.6 is 0 Å². The molecule has 2 nitrogen and oxygen atoms in total. The summed E-state index contributed by atoms with van der Waals surface area (Å²) in [4.78, 5) is 2.63. The Balaban J connectivity index is 1.94. The van der Waals surface area contributed by atoms with Gasteiger partial charge in [-0.1, -0.05) is 44.5 Å². The molecule has 106 valence electrons.